The Morgan fingerprint density at radius 3 is 3.18 bits per heavy atom. The molecule has 1 aliphatic rings. The molecule has 0 aliphatic carbocycles. The SMILES string of the molecule is Clc1cccnc1-c1noc([C@@H]2CCCN2)n1. The Labute approximate surface area is 103 Å². The fourth-order valence-electron chi connectivity index (χ4n) is 1.92. The zero-order valence-corrected chi connectivity index (χ0v) is 9.81. The summed E-state index contributed by atoms with van der Waals surface area (Å²) in [5.74, 6) is 1.05. The smallest absolute Gasteiger partial charge is 0.244 e. The number of hydrogen-bond donors (Lipinski definition) is 1. The first-order chi connectivity index (χ1) is 8.34. The van der Waals surface area contributed by atoms with Gasteiger partial charge < -0.3 is 9.84 Å². The van der Waals surface area contributed by atoms with E-state index in [0.29, 0.717) is 22.4 Å². The highest BCUT2D eigenvalue weighted by molar-refractivity contribution is 6.32. The average molecular weight is 251 g/mol. The number of halogens is 1. The zero-order chi connectivity index (χ0) is 11.7. The molecule has 0 radical (unpaired) electrons. The normalized spacial score (nSPS) is 19.7. The van der Waals surface area contributed by atoms with Gasteiger partial charge in [-0.05, 0) is 31.5 Å². The molecule has 1 atom stereocenters. The van der Waals surface area contributed by atoms with Crippen LogP contribution in [0.4, 0.5) is 0 Å². The van der Waals surface area contributed by atoms with Crippen LogP contribution in [0.3, 0.4) is 0 Å². The molecule has 5 nitrogen and oxygen atoms in total. The van der Waals surface area contributed by atoms with E-state index in [0.717, 1.165) is 19.4 Å². The second-order valence-electron chi connectivity index (χ2n) is 3.94. The summed E-state index contributed by atoms with van der Waals surface area (Å²) in [5, 5.41) is 7.75. The lowest BCUT2D eigenvalue weighted by atomic mass is 10.2. The first kappa shape index (κ1) is 10.7. The molecular weight excluding hydrogens is 240 g/mol. The summed E-state index contributed by atoms with van der Waals surface area (Å²) < 4.78 is 5.24. The van der Waals surface area contributed by atoms with E-state index in [1.54, 1.807) is 18.3 Å². The summed E-state index contributed by atoms with van der Waals surface area (Å²) in [5.41, 5.74) is 0.558. The van der Waals surface area contributed by atoms with Crippen molar-refractivity contribution >= 4 is 11.6 Å². The fourth-order valence-corrected chi connectivity index (χ4v) is 2.12. The molecule has 6 heteroatoms. The molecule has 0 unspecified atom stereocenters. The third-order valence-corrected chi connectivity index (χ3v) is 3.08. The van der Waals surface area contributed by atoms with Crippen LogP contribution in [0.1, 0.15) is 24.8 Å². The van der Waals surface area contributed by atoms with Crippen molar-refractivity contribution in [2.75, 3.05) is 6.54 Å². The third-order valence-electron chi connectivity index (χ3n) is 2.77. The van der Waals surface area contributed by atoms with E-state index in [9.17, 15) is 0 Å². The minimum Gasteiger partial charge on any atom is -0.337 e. The van der Waals surface area contributed by atoms with Crippen molar-refractivity contribution in [3.05, 3.63) is 29.2 Å². The Morgan fingerprint density at radius 1 is 1.47 bits per heavy atom. The Hall–Kier alpha value is -1.46. The van der Waals surface area contributed by atoms with Crippen LogP contribution >= 0.6 is 11.6 Å². The quantitative estimate of drug-likeness (QED) is 0.885. The standard InChI is InChI=1S/C11H11ClN4O/c12-7-3-1-6-14-9(7)10-15-11(17-16-10)8-4-2-5-13-8/h1,3,6,8,13H,2,4-5H2/t8-/m0/s1. The third kappa shape index (κ3) is 2.03. The molecule has 0 bridgehead atoms. The predicted octanol–water partition coefficient (Wildman–Crippen LogP) is 2.21. The van der Waals surface area contributed by atoms with E-state index < -0.39 is 0 Å². The first-order valence-electron chi connectivity index (χ1n) is 5.52. The van der Waals surface area contributed by atoms with Gasteiger partial charge in [0.1, 0.15) is 5.69 Å². The molecule has 0 aromatic carbocycles. The van der Waals surface area contributed by atoms with Crippen molar-refractivity contribution in [3.63, 3.8) is 0 Å². The lowest BCUT2D eigenvalue weighted by molar-refractivity contribution is 0.345. The van der Waals surface area contributed by atoms with E-state index in [4.69, 9.17) is 16.1 Å². The summed E-state index contributed by atoms with van der Waals surface area (Å²) in [6.07, 6.45) is 3.81. The van der Waals surface area contributed by atoms with Crippen LogP contribution in [0.25, 0.3) is 11.5 Å². The Balaban J connectivity index is 1.92. The van der Waals surface area contributed by atoms with Crippen LogP contribution in [-0.4, -0.2) is 21.7 Å². The number of pyridine rings is 1. The second kappa shape index (κ2) is 4.43. The van der Waals surface area contributed by atoms with Crippen molar-refractivity contribution in [1.82, 2.24) is 20.4 Å². The number of nitrogens with zero attached hydrogens (tertiary/aromatic N) is 3. The van der Waals surface area contributed by atoms with Gasteiger partial charge in [0.05, 0.1) is 11.1 Å². The summed E-state index contributed by atoms with van der Waals surface area (Å²) in [4.78, 5) is 8.49. The highest BCUT2D eigenvalue weighted by Gasteiger charge is 2.23. The maximum absolute atomic E-state index is 6.03. The van der Waals surface area contributed by atoms with Crippen molar-refractivity contribution in [1.29, 1.82) is 0 Å². The summed E-state index contributed by atoms with van der Waals surface area (Å²) in [6.45, 7) is 0.993. The first-order valence-corrected chi connectivity index (χ1v) is 5.90. The van der Waals surface area contributed by atoms with Gasteiger partial charge in [-0.1, -0.05) is 16.8 Å². The number of hydrogen-bond acceptors (Lipinski definition) is 5. The molecule has 0 spiro atoms. The van der Waals surface area contributed by atoms with Crippen molar-refractivity contribution in [3.8, 4) is 11.5 Å². The van der Waals surface area contributed by atoms with E-state index in [2.05, 4.69) is 20.4 Å². The summed E-state index contributed by atoms with van der Waals surface area (Å²) in [7, 11) is 0. The number of nitrogens with one attached hydrogen (secondary N) is 1. The molecular formula is C11H11ClN4O. The van der Waals surface area contributed by atoms with E-state index in [-0.39, 0.29) is 6.04 Å². The molecule has 1 aliphatic heterocycles. The molecule has 88 valence electrons. The summed E-state index contributed by atoms with van der Waals surface area (Å²) >= 11 is 6.03. The highest BCUT2D eigenvalue weighted by atomic mass is 35.5. The van der Waals surface area contributed by atoms with E-state index in [1.165, 1.54) is 0 Å². The van der Waals surface area contributed by atoms with Gasteiger partial charge in [0.25, 0.3) is 0 Å². The maximum Gasteiger partial charge on any atom is 0.244 e. The van der Waals surface area contributed by atoms with Crippen LogP contribution in [0, 0.1) is 0 Å². The van der Waals surface area contributed by atoms with Gasteiger partial charge in [0.15, 0.2) is 0 Å². The maximum atomic E-state index is 6.03. The van der Waals surface area contributed by atoms with Crippen molar-refractivity contribution in [2.24, 2.45) is 0 Å². The van der Waals surface area contributed by atoms with Crippen LogP contribution in [0.15, 0.2) is 22.9 Å². The van der Waals surface area contributed by atoms with Gasteiger partial charge in [-0.2, -0.15) is 4.98 Å². The summed E-state index contributed by atoms with van der Waals surface area (Å²) in [6, 6.07) is 3.69. The predicted molar refractivity (Wildman–Crippen MR) is 62.5 cm³/mol. The van der Waals surface area contributed by atoms with Gasteiger partial charge in [-0.3, -0.25) is 4.98 Å². The van der Waals surface area contributed by atoms with Crippen LogP contribution in [-0.2, 0) is 0 Å². The lowest BCUT2D eigenvalue weighted by Gasteiger charge is -2.01. The molecule has 3 rings (SSSR count). The molecule has 1 saturated heterocycles. The highest BCUT2D eigenvalue weighted by Crippen LogP contribution is 2.26. The monoisotopic (exact) mass is 250 g/mol. The largest absolute Gasteiger partial charge is 0.337 e. The molecule has 0 amide bonds. The fraction of sp³-hybridized carbons (Fsp3) is 0.364. The minimum absolute atomic E-state index is 0.165. The van der Waals surface area contributed by atoms with Crippen molar-refractivity contribution < 1.29 is 4.52 Å². The van der Waals surface area contributed by atoms with Gasteiger partial charge in [-0.25, -0.2) is 0 Å². The molecule has 1 fully saturated rings. The van der Waals surface area contributed by atoms with E-state index in [1.807, 2.05) is 0 Å². The Bertz CT molecular complexity index is 522. The van der Waals surface area contributed by atoms with Gasteiger partial charge in [0.2, 0.25) is 11.7 Å². The van der Waals surface area contributed by atoms with Gasteiger partial charge >= 0.3 is 0 Å². The molecule has 17 heavy (non-hydrogen) atoms. The second-order valence-corrected chi connectivity index (χ2v) is 4.35. The van der Waals surface area contributed by atoms with E-state index >= 15 is 0 Å². The number of rotatable bonds is 2. The molecule has 0 saturated carbocycles. The molecule has 2 aromatic rings. The molecule has 1 N–H and O–H groups in total. The topological polar surface area (TPSA) is 63.8 Å². The zero-order valence-electron chi connectivity index (χ0n) is 9.06. The van der Waals surface area contributed by atoms with Gasteiger partial charge in [0, 0.05) is 6.20 Å². The Morgan fingerprint density at radius 2 is 2.41 bits per heavy atom. The molecule has 2 aromatic heterocycles. The van der Waals surface area contributed by atoms with Crippen LogP contribution in [0.2, 0.25) is 5.02 Å². The minimum atomic E-state index is 0.165. The van der Waals surface area contributed by atoms with Crippen molar-refractivity contribution in [2.45, 2.75) is 18.9 Å². The lowest BCUT2D eigenvalue weighted by Crippen LogP contribution is -2.12. The van der Waals surface area contributed by atoms with Crippen LogP contribution in [0.5, 0.6) is 0 Å². The van der Waals surface area contributed by atoms with Gasteiger partial charge in [-0.15, -0.1) is 0 Å². The van der Waals surface area contributed by atoms with Crippen LogP contribution < -0.4 is 5.32 Å². The molecule has 3 heterocycles. The number of aromatic nitrogens is 3. The average Bonchev–Trinajstić information content (AvgIpc) is 3.00. The Kier molecular flexibility index (Phi) is 2.78.